The van der Waals surface area contributed by atoms with Gasteiger partial charge in [-0.25, -0.2) is 0 Å². The zero-order chi connectivity index (χ0) is 13.0. The van der Waals surface area contributed by atoms with E-state index in [9.17, 15) is 4.79 Å². The van der Waals surface area contributed by atoms with Gasteiger partial charge in [0.1, 0.15) is 5.78 Å². The van der Waals surface area contributed by atoms with Crippen LogP contribution in [0.4, 0.5) is 0 Å². The predicted octanol–water partition coefficient (Wildman–Crippen LogP) is 1.97. The van der Waals surface area contributed by atoms with Crippen molar-refractivity contribution >= 4 is 5.78 Å². The maximum absolute atomic E-state index is 12.0. The van der Waals surface area contributed by atoms with E-state index in [4.69, 9.17) is 5.73 Å². The van der Waals surface area contributed by atoms with E-state index >= 15 is 0 Å². The number of ketones is 1. The first-order valence-corrected chi connectivity index (χ1v) is 6.86. The molecule has 1 aliphatic rings. The average molecular weight is 249 g/mol. The second-order valence-corrected chi connectivity index (χ2v) is 5.66. The number of carbonyl (C=O) groups is 1. The molecule has 4 nitrogen and oxygen atoms in total. The fourth-order valence-electron chi connectivity index (χ4n) is 2.80. The van der Waals surface area contributed by atoms with Crippen LogP contribution >= 0.6 is 0 Å². The van der Waals surface area contributed by atoms with Crippen molar-refractivity contribution in [3.05, 3.63) is 18.0 Å². The summed E-state index contributed by atoms with van der Waals surface area (Å²) < 4.78 is 1.77. The van der Waals surface area contributed by atoms with Crippen molar-refractivity contribution in [2.45, 2.75) is 56.9 Å². The number of aromatic nitrogens is 2. The summed E-state index contributed by atoms with van der Waals surface area (Å²) >= 11 is 0. The van der Waals surface area contributed by atoms with Crippen LogP contribution in [0.1, 0.15) is 50.5 Å². The third-order valence-corrected chi connectivity index (χ3v) is 3.85. The molecule has 1 aromatic rings. The molecule has 1 aliphatic carbocycles. The van der Waals surface area contributed by atoms with Gasteiger partial charge in [-0.1, -0.05) is 19.3 Å². The highest BCUT2D eigenvalue weighted by Crippen LogP contribution is 2.29. The summed E-state index contributed by atoms with van der Waals surface area (Å²) in [6.07, 6.45) is 11.3. The largest absolute Gasteiger partial charge is 0.325 e. The molecule has 4 heteroatoms. The molecule has 1 aromatic heterocycles. The Morgan fingerprint density at radius 3 is 2.78 bits per heavy atom. The zero-order valence-corrected chi connectivity index (χ0v) is 11.2. The van der Waals surface area contributed by atoms with Gasteiger partial charge in [-0.2, -0.15) is 5.10 Å². The van der Waals surface area contributed by atoms with E-state index in [0.29, 0.717) is 18.6 Å². The fraction of sp³-hybridized carbons (Fsp3) is 0.714. The van der Waals surface area contributed by atoms with Crippen LogP contribution in [-0.2, 0) is 18.3 Å². The Kier molecular flexibility index (Phi) is 4.17. The molecule has 0 saturated heterocycles. The molecule has 2 N–H and O–H groups in total. The highest BCUT2D eigenvalue weighted by Gasteiger charge is 2.29. The number of Topliss-reactive ketones (excluding diaryl/α,β-unsaturated/α-hetero) is 1. The second-order valence-electron chi connectivity index (χ2n) is 5.66. The molecule has 0 spiro atoms. The van der Waals surface area contributed by atoms with Gasteiger partial charge in [0.15, 0.2) is 0 Å². The number of rotatable bonds is 5. The summed E-state index contributed by atoms with van der Waals surface area (Å²) in [5.74, 6) is 0.295. The molecule has 0 radical (unpaired) electrons. The molecular weight excluding hydrogens is 226 g/mol. The van der Waals surface area contributed by atoms with E-state index in [1.165, 1.54) is 19.3 Å². The summed E-state index contributed by atoms with van der Waals surface area (Å²) in [6.45, 7) is 0. The number of nitrogens with two attached hydrogens (primary N) is 1. The third kappa shape index (κ3) is 3.67. The molecule has 0 aliphatic heterocycles. The Labute approximate surface area is 109 Å². The molecule has 1 heterocycles. The van der Waals surface area contributed by atoms with Crippen molar-refractivity contribution in [2.75, 3.05) is 0 Å². The van der Waals surface area contributed by atoms with Crippen LogP contribution in [0.5, 0.6) is 0 Å². The Balaban J connectivity index is 1.78. The Morgan fingerprint density at radius 1 is 1.44 bits per heavy atom. The average Bonchev–Trinajstić information content (AvgIpc) is 2.73. The van der Waals surface area contributed by atoms with Crippen molar-refractivity contribution < 1.29 is 4.79 Å². The van der Waals surface area contributed by atoms with E-state index in [0.717, 1.165) is 24.8 Å². The smallest absolute Gasteiger partial charge is 0.135 e. The Hall–Kier alpha value is -1.16. The summed E-state index contributed by atoms with van der Waals surface area (Å²) in [5, 5.41) is 4.10. The quantitative estimate of drug-likeness (QED) is 0.868. The van der Waals surface area contributed by atoms with Gasteiger partial charge < -0.3 is 5.73 Å². The predicted molar refractivity (Wildman–Crippen MR) is 71.2 cm³/mol. The molecule has 18 heavy (non-hydrogen) atoms. The summed E-state index contributed by atoms with van der Waals surface area (Å²) in [5.41, 5.74) is 7.20. The lowest BCUT2D eigenvalue weighted by Gasteiger charge is -2.32. The zero-order valence-electron chi connectivity index (χ0n) is 11.2. The molecule has 100 valence electrons. The van der Waals surface area contributed by atoms with Gasteiger partial charge in [0, 0.05) is 31.6 Å². The Morgan fingerprint density at radius 2 is 2.17 bits per heavy atom. The molecule has 0 bridgehead atoms. The van der Waals surface area contributed by atoms with Crippen LogP contribution in [0.25, 0.3) is 0 Å². The maximum Gasteiger partial charge on any atom is 0.135 e. The molecule has 0 atom stereocenters. The lowest BCUT2D eigenvalue weighted by Crippen LogP contribution is -2.43. The van der Waals surface area contributed by atoms with Gasteiger partial charge in [0.2, 0.25) is 0 Å². The van der Waals surface area contributed by atoms with Gasteiger partial charge in [0.25, 0.3) is 0 Å². The SMILES string of the molecule is Cn1cc(CCC(=O)CC2(N)CCCCC2)cn1. The summed E-state index contributed by atoms with van der Waals surface area (Å²) in [6, 6.07) is 0. The second kappa shape index (κ2) is 5.65. The summed E-state index contributed by atoms with van der Waals surface area (Å²) in [7, 11) is 1.89. The minimum absolute atomic E-state index is 0.218. The standard InChI is InChI=1S/C14H23N3O/c1-17-11-12(10-16-17)5-6-13(18)9-14(15)7-3-2-4-8-14/h10-11H,2-9,15H2,1H3. The van der Waals surface area contributed by atoms with E-state index in [1.54, 1.807) is 4.68 Å². The van der Waals surface area contributed by atoms with Crippen LogP contribution in [-0.4, -0.2) is 21.1 Å². The van der Waals surface area contributed by atoms with Gasteiger partial charge in [0.05, 0.1) is 6.20 Å². The van der Waals surface area contributed by atoms with Crippen LogP contribution < -0.4 is 5.73 Å². The van der Waals surface area contributed by atoms with Gasteiger partial charge in [-0.15, -0.1) is 0 Å². The molecule has 1 saturated carbocycles. The third-order valence-electron chi connectivity index (χ3n) is 3.85. The van der Waals surface area contributed by atoms with E-state index < -0.39 is 0 Å². The lowest BCUT2D eigenvalue weighted by atomic mass is 9.78. The highest BCUT2D eigenvalue weighted by molar-refractivity contribution is 5.79. The van der Waals surface area contributed by atoms with Crippen molar-refractivity contribution in [1.29, 1.82) is 0 Å². The van der Waals surface area contributed by atoms with E-state index in [1.807, 2.05) is 19.4 Å². The number of aryl methyl sites for hydroxylation is 2. The van der Waals surface area contributed by atoms with Crippen LogP contribution in [0, 0.1) is 0 Å². The first kappa shape index (κ1) is 13.3. The molecule has 2 rings (SSSR count). The Bertz CT molecular complexity index is 405. The minimum atomic E-state index is -0.218. The first-order chi connectivity index (χ1) is 8.57. The number of hydrogen-bond donors (Lipinski definition) is 1. The molecule has 0 amide bonds. The molecule has 0 unspecified atom stereocenters. The minimum Gasteiger partial charge on any atom is -0.325 e. The van der Waals surface area contributed by atoms with Crippen LogP contribution in [0.15, 0.2) is 12.4 Å². The van der Waals surface area contributed by atoms with Crippen LogP contribution in [0.2, 0.25) is 0 Å². The molecule has 0 aromatic carbocycles. The lowest BCUT2D eigenvalue weighted by molar-refractivity contribution is -0.120. The van der Waals surface area contributed by atoms with Crippen molar-refractivity contribution in [3.63, 3.8) is 0 Å². The number of carbonyl (C=O) groups excluding carboxylic acids is 1. The van der Waals surface area contributed by atoms with Gasteiger partial charge in [-0.3, -0.25) is 9.48 Å². The van der Waals surface area contributed by atoms with Crippen LogP contribution in [0.3, 0.4) is 0 Å². The highest BCUT2D eigenvalue weighted by atomic mass is 16.1. The monoisotopic (exact) mass is 249 g/mol. The fourth-order valence-corrected chi connectivity index (χ4v) is 2.80. The van der Waals surface area contributed by atoms with Crippen molar-refractivity contribution in [1.82, 2.24) is 9.78 Å². The van der Waals surface area contributed by atoms with Crippen molar-refractivity contribution in [2.24, 2.45) is 12.8 Å². The van der Waals surface area contributed by atoms with Gasteiger partial charge in [-0.05, 0) is 24.8 Å². The number of nitrogens with zero attached hydrogens (tertiary/aromatic N) is 2. The van der Waals surface area contributed by atoms with Crippen molar-refractivity contribution in [3.8, 4) is 0 Å². The van der Waals surface area contributed by atoms with E-state index in [2.05, 4.69) is 5.10 Å². The normalized spacial score (nSPS) is 18.8. The van der Waals surface area contributed by atoms with Gasteiger partial charge >= 0.3 is 0 Å². The molecular formula is C14H23N3O. The summed E-state index contributed by atoms with van der Waals surface area (Å²) in [4.78, 5) is 12.0. The maximum atomic E-state index is 12.0. The molecule has 1 fully saturated rings. The van der Waals surface area contributed by atoms with E-state index in [-0.39, 0.29) is 5.54 Å². The number of hydrogen-bond acceptors (Lipinski definition) is 3. The first-order valence-electron chi connectivity index (χ1n) is 6.86. The topological polar surface area (TPSA) is 60.9 Å².